The summed E-state index contributed by atoms with van der Waals surface area (Å²) in [5, 5.41) is 14.4. The van der Waals surface area contributed by atoms with Crippen LogP contribution in [0.1, 0.15) is 105 Å². The number of alkyl halides is 3. The average molecular weight is 897 g/mol. The van der Waals surface area contributed by atoms with Gasteiger partial charge < -0.3 is 40.2 Å². The number of benzene rings is 3. The van der Waals surface area contributed by atoms with Crippen LogP contribution in [0.5, 0.6) is 0 Å². The molecule has 65 heavy (non-hydrogen) atoms. The van der Waals surface area contributed by atoms with Crippen molar-refractivity contribution in [3.63, 3.8) is 0 Å². The van der Waals surface area contributed by atoms with Gasteiger partial charge in [-0.25, -0.2) is 19.6 Å². The summed E-state index contributed by atoms with van der Waals surface area (Å²) < 4.78 is 45.6. The van der Waals surface area contributed by atoms with Crippen molar-refractivity contribution in [2.45, 2.75) is 96.1 Å². The number of alkyl carbamates (subject to hydrolysis) is 1. The summed E-state index contributed by atoms with van der Waals surface area (Å²) >= 11 is 0. The Hall–Kier alpha value is -6.65. The summed E-state index contributed by atoms with van der Waals surface area (Å²) in [5.41, 5.74) is 5.03. The minimum atomic E-state index is -4.47. The number of hydrogen-bond acceptors (Lipinski definition) is 7. The van der Waals surface area contributed by atoms with E-state index in [9.17, 15) is 37.5 Å². The third-order valence-corrected chi connectivity index (χ3v) is 12.5. The first-order chi connectivity index (χ1) is 31.0. The van der Waals surface area contributed by atoms with E-state index in [0.29, 0.717) is 44.0 Å². The van der Waals surface area contributed by atoms with Crippen molar-refractivity contribution < 1.29 is 42.2 Å². The number of amides is 4. The lowest BCUT2D eigenvalue weighted by molar-refractivity contribution is -0.138. The molecule has 5 atom stereocenters. The van der Waals surface area contributed by atoms with Crippen LogP contribution in [-0.2, 0) is 26.9 Å². The quantitative estimate of drug-likeness (QED) is 0.0732. The van der Waals surface area contributed by atoms with Gasteiger partial charge in [0.25, 0.3) is 0 Å². The molecule has 14 nitrogen and oxygen atoms in total. The van der Waals surface area contributed by atoms with Gasteiger partial charge in [0.1, 0.15) is 23.7 Å². The van der Waals surface area contributed by atoms with Gasteiger partial charge in [-0.15, -0.1) is 0 Å². The van der Waals surface area contributed by atoms with Gasteiger partial charge in [-0.2, -0.15) is 13.2 Å². The Labute approximate surface area is 375 Å². The molecule has 17 heteroatoms. The molecule has 0 spiro atoms. The molecule has 2 aromatic heterocycles. The molecule has 0 saturated carbocycles. The number of nitrogens with zero attached hydrogens (tertiary/aromatic N) is 4. The van der Waals surface area contributed by atoms with E-state index in [2.05, 4.69) is 30.6 Å². The standard InChI is InChI=1S/C48H55F3N8O6/c1-27(2)40(56-46(62)63)44(60)58-22-6-8-38(58)42-52-25-36(54-42)32-12-10-29(11-13-32)24-35(31-18-20-34(21-19-31)48(49,50)51)30-14-16-33(17-15-30)37-26-53-43(55-37)39-9-7-23-59(39)45(61)41(28(3)4)57-47(64)65-5/h10-21,25-28,35,38-41,56H,6-9,22-24H2,1-5H3,(H,52,54)(H,53,55)(H,57,64)(H,62,63)/t35?,38-,39-,40-,41-/m0/s1. The first kappa shape index (κ1) is 46.3. The second kappa shape index (κ2) is 19.6. The zero-order valence-electron chi connectivity index (χ0n) is 37.0. The number of H-pyrrole nitrogens is 2. The molecule has 0 aliphatic carbocycles. The molecule has 5 N–H and O–H groups in total. The van der Waals surface area contributed by atoms with Gasteiger partial charge in [-0.1, -0.05) is 88.4 Å². The normalized spacial score (nSPS) is 17.9. The molecule has 0 radical (unpaired) electrons. The molecule has 5 aromatic rings. The minimum Gasteiger partial charge on any atom is -0.465 e. The van der Waals surface area contributed by atoms with E-state index in [1.807, 2.05) is 62.4 Å². The van der Waals surface area contributed by atoms with E-state index in [1.54, 1.807) is 36.0 Å². The van der Waals surface area contributed by atoms with Crippen molar-refractivity contribution in [1.29, 1.82) is 0 Å². The smallest absolute Gasteiger partial charge is 0.416 e. The van der Waals surface area contributed by atoms with Gasteiger partial charge in [0.15, 0.2) is 0 Å². The molecular weight excluding hydrogens is 842 g/mol. The molecule has 2 aliphatic rings. The summed E-state index contributed by atoms with van der Waals surface area (Å²) in [7, 11) is 1.26. The number of imidazole rings is 2. The monoisotopic (exact) mass is 896 g/mol. The largest absolute Gasteiger partial charge is 0.465 e. The minimum absolute atomic E-state index is 0.166. The van der Waals surface area contributed by atoms with Gasteiger partial charge >= 0.3 is 18.4 Å². The van der Waals surface area contributed by atoms with E-state index in [4.69, 9.17) is 4.74 Å². The van der Waals surface area contributed by atoms with Crippen LogP contribution in [0.4, 0.5) is 22.8 Å². The number of halogens is 3. The van der Waals surface area contributed by atoms with Gasteiger partial charge in [0.2, 0.25) is 11.8 Å². The number of nitrogens with one attached hydrogen (secondary N) is 4. The number of carboxylic acid groups (broad SMARTS) is 1. The molecule has 4 amide bonds. The van der Waals surface area contributed by atoms with Crippen molar-refractivity contribution in [2.24, 2.45) is 11.8 Å². The molecular formula is C48H55F3N8O6. The molecule has 3 aromatic carbocycles. The summed E-state index contributed by atoms with van der Waals surface area (Å²) in [6, 6.07) is 18.7. The van der Waals surface area contributed by atoms with Crippen LogP contribution in [0.3, 0.4) is 0 Å². The summed E-state index contributed by atoms with van der Waals surface area (Å²) in [4.78, 5) is 70.1. The molecule has 1 unspecified atom stereocenters. The Morgan fingerprint density at radius 1 is 0.723 bits per heavy atom. The van der Waals surface area contributed by atoms with E-state index >= 15 is 0 Å². The molecule has 344 valence electrons. The van der Waals surface area contributed by atoms with Crippen LogP contribution in [0.2, 0.25) is 0 Å². The predicted octanol–water partition coefficient (Wildman–Crippen LogP) is 8.86. The number of hydrogen-bond donors (Lipinski definition) is 5. The Morgan fingerprint density at radius 2 is 1.17 bits per heavy atom. The van der Waals surface area contributed by atoms with Crippen molar-refractivity contribution in [1.82, 2.24) is 40.4 Å². The lowest BCUT2D eigenvalue weighted by atomic mass is 9.85. The van der Waals surface area contributed by atoms with Gasteiger partial charge in [-0.05, 0) is 83.9 Å². The number of methoxy groups -OCH3 is 1. The van der Waals surface area contributed by atoms with E-state index in [0.717, 1.165) is 64.2 Å². The number of carbonyl (C=O) groups is 4. The number of rotatable bonds is 14. The molecule has 7 rings (SSSR count). The summed E-state index contributed by atoms with van der Waals surface area (Å²) in [6.45, 7) is 8.34. The maximum atomic E-state index is 13.7. The van der Waals surface area contributed by atoms with Crippen molar-refractivity contribution in [2.75, 3.05) is 20.2 Å². The second-order valence-electron chi connectivity index (χ2n) is 17.5. The Bertz CT molecular complexity index is 2450. The highest BCUT2D eigenvalue weighted by Gasteiger charge is 2.39. The SMILES string of the molecule is COC(=O)N[C@H](C(=O)N1CCC[C@H]1c1ncc(-c2ccc(C(Cc3ccc(-c4cnc([C@@H]5CCCN5C(=O)[C@@H](NC(=O)O)C(C)C)[nH]4)cc3)c3ccc(C(F)(F)F)cc3)cc2)[nH]1)C(C)C. The maximum Gasteiger partial charge on any atom is 0.416 e. The number of ether oxygens (including phenoxy) is 1. The second-order valence-corrected chi connectivity index (χ2v) is 17.5. The van der Waals surface area contributed by atoms with Gasteiger partial charge in [0.05, 0.1) is 48.5 Å². The number of carbonyl (C=O) groups excluding carboxylic acids is 3. The first-order valence-corrected chi connectivity index (χ1v) is 21.9. The first-order valence-electron chi connectivity index (χ1n) is 21.9. The van der Waals surface area contributed by atoms with Gasteiger partial charge in [-0.3, -0.25) is 9.59 Å². The van der Waals surface area contributed by atoms with Crippen molar-refractivity contribution in [3.05, 3.63) is 119 Å². The summed E-state index contributed by atoms with van der Waals surface area (Å²) in [5.74, 6) is 0.0615. The Morgan fingerprint density at radius 3 is 1.60 bits per heavy atom. The predicted molar refractivity (Wildman–Crippen MR) is 236 cm³/mol. The van der Waals surface area contributed by atoms with Crippen molar-refractivity contribution >= 4 is 24.0 Å². The Kier molecular flexibility index (Phi) is 14.0. The molecule has 4 heterocycles. The maximum absolute atomic E-state index is 13.7. The van der Waals surface area contributed by atoms with E-state index in [-0.39, 0.29) is 41.7 Å². The highest BCUT2D eigenvalue weighted by molar-refractivity contribution is 5.87. The molecule has 0 bridgehead atoms. The van der Waals surface area contributed by atoms with Crippen LogP contribution in [0.25, 0.3) is 22.5 Å². The average Bonchev–Trinajstić information content (AvgIpc) is 4.13. The van der Waals surface area contributed by atoms with Crippen LogP contribution < -0.4 is 10.6 Å². The highest BCUT2D eigenvalue weighted by Crippen LogP contribution is 2.37. The third-order valence-electron chi connectivity index (χ3n) is 12.5. The highest BCUT2D eigenvalue weighted by atomic mass is 19.4. The van der Waals surface area contributed by atoms with Gasteiger partial charge in [0, 0.05) is 19.0 Å². The van der Waals surface area contributed by atoms with E-state index in [1.165, 1.54) is 19.2 Å². The molecule has 2 aliphatic heterocycles. The molecule has 2 fully saturated rings. The van der Waals surface area contributed by atoms with Crippen molar-refractivity contribution in [3.8, 4) is 22.5 Å². The van der Waals surface area contributed by atoms with Crippen LogP contribution >= 0.6 is 0 Å². The fraction of sp³-hybridized carbons (Fsp3) is 0.417. The van der Waals surface area contributed by atoms with Crippen LogP contribution in [0.15, 0.2) is 85.2 Å². The third kappa shape index (κ3) is 10.5. The number of aromatic amines is 2. The summed E-state index contributed by atoms with van der Waals surface area (Å²) in [6.07, 6.45) is 0.454. The van der Waals surface area contributed by atoms with Crippen LogP contribution in [-0.4, -0.2) is 91.1 Å². The van der Waals surface area contributed by atoms with Crippen LogP contribution in [0, 0.1) is 11.8 Å². The Balaban J connectivity index is 1.09. The number of aromatic nitrogens is 4. The topological polar surface area (TPSA) is 186 Å². The lowest BCUT2D eigenvalue weighted by Crippen LogP contribution is -2.51. The molecule has 2 saturated heterocycles. The lowest BCUT2D eigenvalue weighted by Gasteiger charge is -2.30. The van der Waals surface area contributed by atoms with E-state index < -0.39 is 36.0 Å². The number of likely N-dealkylation sites (tertiary alicyclic amines) is 2. The fourth-order valence-electron chi connectivity index (χ4n) is 8.92. The zero-order valence-corrected chi connectivity index (χ0v) is 37.0. The zero-order chi connectivity index (χ0) is 46.6. The fourth-order valence-corrected chi connectivity index (χ4v) is 8.92.